The van der Waals surface area contributed by atoms with E-state index in [1.165, 1.54) is 12.8 Å². The molecular weight excluding hydrogens is 250 g/mol. The van der Waals surface area contributed by atoms with E-state index in [0.717, 1.165) is 29.4 Å². The van der Waals surface area contributed by atoms with Crippen LogP contribution in [-0.2, 0) is 0 Å². The largest absolute Gasteiger partial charge is 0.508 e. The molecule has 0 bridgehead atoms. The van der Waals surface area contributed by atoms with Gasteiger partial charge in [0.1, 0.15) is 11.6 Å². The second-order valence-corrected chi connectivity index (χ2v) is 5.55. The molecule has 1 heterocycles. The van der Waals surface area contributed by atoms with Gasteiger partial charge in [-0.05, 0) is 56.3 Å². The molecule has 0 aliphatic heterocycles. The monoisotopic (exact) mass is 271 g/mol. The first kappa shape index (κ1) is 13.2. The van der Waals surface area contributed by atoms with Crippen molar-refractivity contribution in [3.63, 3.8) is 0 Å². The van der Waals surface area contributed by atoms with Crippen LogP contribution in [0.3, 0.4) is 0 Å². The fraction of sp³-hybridized carbons (Fsp3) is 0.438. The molecule has 0 atom stereocenters. The predicted molar refractivity (Wildman–Crippen MR) is 82.1 cm³/mol. The minimum Gasteiger partial charge on any atom is -0.508 e. The highest BCUT2D eigenvalue weighted by atomic mass is 16.3. The summed E-state index contributed by atoms with van der Waals surface area (Å²) in [4.78, 5) is 4.44. The van der Waals surface area contributed by atoms with Crippen LogP contribution in [0.1, 0.15) is 25.7 Å². The first-order chi connectivity index (χ1) is 9.76. The number of hydrogen-bond acceptors (Lipinski definition) is 4. The Morgan fingerprint density at radius 3 is 2.60 bits per heavy atom. The number of phenolic OH excluding ortho intramolecular Hbond substituents is 1. The Kier molecular flexibility index (Phi) is 3.74. The number of hydrogen-bond donors (Lipinski definition) is 3. The molecule has 1 aromatic heterocycles. The number of aromatic nitrogens is 1. The fourth-order valence-corrected chi connectivity index (χ4v) is 2.99. The van der Waals surface area contributed by atoms with Gasteiger partial charge in [0.25, 0.3) is 0 Å². The number of rotatable bonds is 3. The van der Waals surface area contributed by atoms with Gasteiger partial charge in [0, 0.05) is 23.7 Å². The average molecular weight is 271 g/mol. The number of fused-ring (bicyclic) bond motifs is 1. The molecule has 0 unspecified atom stereocenters. The summed E-state index contributed by atoms with van der Waals surface area (Å²) >= 11 is 0. The van der Waals surface area contributed by atoms with Gasteiger partial charge in [0.2, 0.25) is 0 Å². The number of pyridine rings is 1. The number of nitrogens with one attached hydrogen (secondary N) is 2. The van der Waals surface area contributed by atoms with Gasteiger partial charge in [-0.2, -0.15) is 0 Å². The van der Waals surface area contributed by atoms with Crippen LogP contribution >= 0.6 is 0 Å². The van der Waals surface area contributed by atoms with Gasteiger partial charge in [-0.15, -0.1) is 0 Å². The van der Waals surface area contributed by atoms with E-state index in [-0.39, 0.29) is 5.75 Å². The minimum absolute atomic E-state index is 0.285. The van der Waals surface area contributed by atoms with Crippen LogP contribution in [0.25, 0.3) is 10.8 Å². The Morgan fingerprint density at radius 2 is 1.85 bits per heavy atom. The van der Waals surface area contributed by atoms with Crippen LogP contribution in [0.4, 0.5) is 5.82 Å². The third-order valence-electron chi connectivity index (χ3n) is 4.23. The molecule has 0 amide bonds. The molecule has 1 saturated carbocycles. The molecule has 0 saturated heterocycles. The van der Waals surface area contributed by atoms with Gasteiger partial charge in [-0.3, -0.25) is 0 Å². The smallest absolute Gasteiger partial charge is 0.134 e. The zero-order valence-electron chi connectivity index (χ0n) is 11.8. The van der Waals surface area contributed by atoms with Gasteiger partial charge >= 0.3 is 0 Å². The van der Waals surface area contributed by atoms with Crippen molar-refractivity contribution >= 4 is 16.6 Å². The van der Waals surface area contributed by atoms with Gasteiger partial charge in [0.15, 0.2) is 0 Å². The molecule has 3 rings (SSSR count). The first-order valence-corrected chi connectivity index (χ1v) is 7.28. The van der Waals surface area contributed by atoms with Crippen molar-refractivity contribution in [2.24, 2.45) is 0 Å². The summed E-state index contributed by atoms with van der Waals surface area (Å²) < 4.78 is 0. The second-order valence-electron chi connectivity index (χ2n) is 5.55. The Morgan fingerprint density at radius 1 is 1.10 bits per heavy atom. The standard InChI is InChI=1S/C16H21N3O/c1-17-12-3-5-13(6-4-12)19-16-15-10-14(20)7-2-11(15)8-9-18-16/h2,7-10,12-13,17,20H,3-6H2,1H3,(H,18,19). The van der Waals surface area contributed by atoms with Crippen LogP contribution in [0.15, 0.2) is 30.5 Å². The molecule has 1 aromatic carbocycles. The number of nitrogens with zero attached hydrogens (tertiary/aromatic N) is 1. The lowest BCUT2D eigenvalue weighted by Crippen LogP contribution is -2.35. The molecule has 0 spiro atoms. The zero-order valence-corrected chi connectivity index (χ0v) is 11.8. The van der Waals surface area contributed by atoms with E-state index >= 15 is 0 Å². The Balaban J connectivity index is 1.79. The number of benzene rings is 1. The molecule has 4 heteroatoms. The predicted octanol–water partition coefficient (Wildman–Crippen LogP) is 2.88. The second kappa shape index (κ2) is 5.67. The molecule has 4 nitrogen and oxygen atoms in total. The van der Waals surface area contributed by atoms with E-state index in [2.05, 4.69) is 15.6 Å². The van der Waals surface area contributed by atoms with E-state index in [1.54, 1.807) is 12.1 Å². The lowest BCUT2D eigenvalue weighted by atomic mass is 9.91. The highest BCUT2D eigenvalue weighted by Crippen LogP contribution is 2.28. The van der Waals surface area contributed by atoms with Gasteiger partial charge < -0.3 is 15.7 Å². The van der Waals surface area contributed by atoms with Crippen molar-refractivity contribution in [1.82, 2.24) is 10.3 Å². The molecule has 1 aliphatic rings. The van der Waals surface area contributed by atoms with Crippen molar-refractivity contribution in [3.05, 3.63) is 30.5 Å². The fourth-order valence-electron chi connectivity index (χ4n) is 2.99. The summed E-state index contributed by atoms with van der Waals surface area (Å²) in [6.07, 6.45) is 6.53. The van der Waals surface area contributed by atoms with E-state index in [9.17, 15) is 5.11 Å². The zero-order chi connectivity index (χ0) is 13.9. The minimum atomic E-state index is 0.285. The molecule has 20 heavy (non-hydrogen) atoms. The van der Waals surface area contributed by atoms with Crippen LogP contribution < -0.4 is 10.6 Å². The maximum atomic E-state index is 9.66. The summed E-state index contributed by atoms with van der Waals surface area (Å²) in [6, 6.07) is 8.51. The molecular formula is C16H21N3O. The quantitative estimate of drug-likeness (QED) is 0.803. The van der Waals surface area contributed by atoms with E-state index in [1.807, 2.05) is 25.4 Å². The summed E-state index contributed by atoms with van der Waals surface area (Å²) in [5.74, 6) is 1.17. The summed E-state index contributed by atoms with van der Waals surface area (Å²) in [5, 5.41) is 18.6. The molecule has 0 radical (unpaired) electrons. The Labute approximate surface area is 119 Å². The average Bonchev–Trinajstić information content (AvgIpc) is 2.49. The Hall–Kier alpha value is -1.81. The lowest BCUT2D eigenvalue weighted by molar-refractivity contribution is 0.371. The van der Waals surface area contributed by atoms with Crippen molar-refractivity contribution in [2.75, 3.05) is 12.4 Å². The summed E-state index contributed by atoms with van der Waals surface area (Å²) in [5.41, 5.74) is 0. The maximum absolute atomic E-state index is 9.66. The van der Waals surface area contributed by atoms with E-state index in [4.69, 9.17) is 0 Å². The molecule has 106 valence electrons. The van der Waals surface area contributed by atoms with Crippen LogP contribution in [0.5, 0.6) is 5.75 Å². The maximum Gasteiger partial charge on any atom is 0.134 e. The Bertz CT molecular complexity index is 591. The van der Waals surface area contributed by atoms with Crippen LogP contribution in [-0.4, -0.2) is 29.2 Å². The van der Waals surface area contributed by atoms with Gasteiger partial charge in [-0.1, -0.05) is 6.07 Å². The van der Waals surface area contributed by atoms with Crippen LogP contribution in [0, 0.1) is 0 Å². The summed E-state index contributed by atoms with van der Waals surface area (Å²) in [7, 11) is 2.04. The topological polar surface area (TPSA) is 57.2 Å². The number of aromatic hydroxyl groups is 1. The molecule has 1 fully saturated rings. The third kappa shape index (κ3) is 2.70. The molecule has 2 aromatic rings. The van der Waals surface area contributed by atoms with Crippen molar-refractivity contribution in [1.29, 1.82) is 0 Å². The van der Waals surface area contributed by atoms with Gasteiger partial charge in [-0.25, -0.2) is 4.98 Å². The third-order valence-corrected chi connectivity index (χ3v) is 4.23. The van der Waals surface area contributed by atoms with Crippen molar-refractivity contribution in [2.45, 2.75) is 37.8 Å². The molecule has 3 N–H and O–H groups in total. The summed E-state index contributed by atoms with van der Waals surface area (Å²) in [6.45, 7) is 0. The van der Waals surface area contributed by atoms with Crippen molar-refractivity contribution < 1.29 is 5.11 Å². The van der Waals surface area contributed by atoms with E-state index in [0.29, 0.717) is 12.1 Å². The van der Waals surface area contributed by atoms with E-state index < -0.39 is 0 Å². The first-order valence-electron chi connectivity index (χ1n) is 7.28. The van der Waals surface area contributed by atoms with Gasteiger partial charge in [0.05, 0.1) is 0 Å². The van der Waals surface area contributed by atoms with Crippen molar-refractivity contribution in [3.8, 4) is 5.75 Å². The number of anilines is 1. The SMILES string of the molecule is CNC1CCC(Nc2nccc3ccc(O)cc23)CC1. The molecule has 1 aliphatic carbocycles. The van der Waals surface area contributed by atoms with Crippen LogP contribution in [0.2, 0.25) is 0 Å². The highest BCUT2D eigenvalue weighted by molar-refractivity contribution is 5.92. The number of phenols is 1. The normalized spacial score (nSPS) is 22.9. The lowest BCUT2D eigenvalue weighted by Gasteiger charge is -2.29. The highest BCUT2D eigenvalue weighted by Gasteiger charge is 2.20.